The van der Waals surface area contributed by atoms with Gasteiger partial charge in [0.1, 0.15) is 17.2 Å². The van der Waals surface area contributed by atoms with Gasteiger partial charge in [-0.15, -0.1) is 0 Å². The number of anilines is 1. The Kier molecular flexibility index (Phi) is 4.88. The van der Waals surface area contributed by atoms with Gasteiger partial charge in [-0.05, 0) is 24.6 Å². The molecule has 1 saturated heterocycles. The van der Waals surface area contributed by atoms with E-state index in [1.807, 2.05) is 0 Å². The third-order valence-corrected chi connectivity index (χ3v) is 4.40. The molecule has 0 bridgehead atoms. The summed E-state index contributed by atoms with van der Waals surface area (Å²) in [6.07, 6.45) is 2.64. The second kappa shape index (κ2) is 7.63. The summed E-state index contributed by atoms with van der Waals surface area (Å²) in [5, 5.41) is 7.84. The molecule has 3 aromatic rings. The van der Waals surface area contributed by atoms with Gasteiger partial charge in [-0.25, -0.2) is 9.48 Å². The maximum atomic E-state index is 12.2. The van der Waals surface area contributed by atoms with Crippen LogP contribution in [0.15, 0.2) is 51.8 Å². The van der Waals surface area contributed by atoms with E-state index in [4.69, 9.17) is 13.9 Å². The molecule has 0 aliphatic carbocycles. The quantitative estimate of drug-likeness (QED) is 0.668. The molecule has 1 aromatic carbocycles. The number of hydrogen-bond acceptors (Lipinski definition) is 6. The number of nitrogens with zero attached hydrogens (tertiary/aromatic N) is 2. The maximum absolute atomic E-state index is 12.2. The molecule has 2 aromatic heterocycles. The first-order chi connectivity index (χ1) is 13.2. The van der Waals surface area contributed by atoms with Gasteiger partial charge in [0, 0.05) is 42.7 Å². The van der Waals surface area contributed by atoms with Crippen molar-refractivity contribution in [3.05, 3.63) is 53.0 Å². The van der Waals surface area contributed by atoms with E-state index in [9.17, 15) is 9.59 Å². The van der Waals surface area contributed by atoms with Crippen molar-refractivity contribution < 1.29 is 18.7 Å². The number of ether oxygens (including phenoxy) is 2. The Morgan fingerprint density at radius 2 is 2.19 bits per heavy atom. The van der Waals surface area contributed by atoms with E-state index in [0.717, 1.165) is 18.4 Å². The number of rotatable bonds is 6. The monoisotopic (exact) mass is 369 g/mol. The summed E-state index contributed by atoms with van der Waals surface area (Å²) in [5.41, 5.74) is -0.0180. The zero-order valence-electron chi connectivity index (χ0n) is 14.6. The van der Waals surface area contributed by atoms with Crippen LogP contribution in [-0.4, -0.2) is 35.5 Å². The Labute approximate surface area is 154 Å². The van der Waals surface area contributed by atoms with Crippen molar-refractivity contribution in [3.8, 4) is 5.75 Å². The third-order valence-electron chi connectivity index (χ3n) is 4.40. The summed E-state index contributed by atoms with van der Waals surface area (Å²) < 4.78 is 17.8. The molecule has 1 N–H and O–H groups in total. The van der Waals surface area contributed by atoms with Gasteiger partial charge in [-0.3, -0.25) is 4.79 Å². The molecule has 140 valence electrons. The smallest absolute Gasteiger partial charge is 0.336 e. The molecule has 0 spiro atoms. The number of carbonyl (C=O) groups excluding carboxylic acids is 1. The minimum absolute atomic E-state index is 0.166. The normalized spacial score (nSPS) is 16.5. The van der Waals surface area contributed by atoms with Gasteiger partial charge in [0.25, 0.3) is 5.91 Å². The first-order valence-corrected chi connectivity index (χ1v) is 8.73. The van der Waals surface area contributed by atoms with Crippen LogP contribution in [0.2, 0.25) is 0 Å². The fraction of sp³-hybridized carbons (Fsp3) is 0.316. The van der Waals surface area contributed by atoms with Gasteiger partial charge in [0.05, 0.1) is 12.8 Å². The van der Waals surface area contributed by atoms with Crippen molar-refractivity contribution in [2.24, 2.45) is 5.92 Å². The van der Waals surface area contributed by atoms with Crippen molar-refractivity contribution in [1.82, 2.24) is 9.78 Å². The highest BCUT2D eigenvalue weighted by molar-refractivity contribution is 5.91. The van der Waals surface area contributed by atoms with Gasteiger partial charge in [0.2, 0.25) is 0 Å². The standard InChI is InChI=1S/C19H19N3O5/c23-18(21-17-5-7-20-22(17)10-13-6-8-25-11-13)12-26-15-3-1-14-2-4-19(24)27-16(14)9-15/h1-5,7,9,13H,6,8,10-12H2,(H,21,23). The highest BCUT2D eigenvalue weighted by Crippen LogP contribution is 2.20. The lowest BCUT2D eigenvalue weighted by atomic mass is 10.1. The molecule has 0 saturated carbocycles. The average molecular weight is 369 g/mol. The molecule has 1 amide bonds. The van der Waals surface area contributed by atoms with Crippen LogP contribution in [-0.2, 0) is 16.1 Å². The summed E-state index contributed by atoms with van der Waals surface area (Å²) in [6.45, 7) is 2.02. The van der Waals surface area contributed by atoms with Crippen molar-refractivity contribution in [2.75, 3.05) is 25.1 Å². The minimum Gasteiger partial charge on any atom is -0.484 e. The molecule has 8 nitrogen and oxygen atoms in total. The molecule has 0 radical (unpaired) electrons. The summed E-state index contributed by atoms with van der Waals surface area (Å²) in [7, 11) is 0. The average Bonchev–Trinajstić information content (AvgIpc) is 3.32. The molecule has 1 atom stereocenters. The second-order valence-corrected chi connectivity index (χ2v) is 6.42. The fourth-order valence-electron chi connectivity index (χ4n) is 3.01. The van der Waals surface area contributed by atoms with Crippen LogP contribution in [0.25, 0.3) is 11.0 Å². The van der Waals surface area contributed by atoms with Crippen molar-refractivity contribution in [1.29, 1.82) is 0 Å². The number of nitrogens with one attached hydrogen (secondary N) is 1. The Bertz CT molecular complexity index is 1000. The third kappa shape index (κ3) is 4.17. The number of aromatic nitrogens is 2. The summed E-state index contributed by atoms with van der Waals surface area (Å²) in [6, 6.07) is 9.86. The van der Waals surface area contributed by atoms with Crippen LogP contribution in [0.5, 0.6) is 5.75 Å². The first kappa shape index (κ1) is 17.3. The Morgan fingerprint density at radius 3 is 3.04 bits per heavy atom. The fourth-order valence-corrected chi connectivity index (χ4v) is 3.01. The van der Waals surface area contributed by atoms with E-state index in [-0.39, 0.29) is 12.5 Å². The van der Waals surface area contributed by atoms with E-state index < -0.39 is 5.63 Å². The molecule has 1 fully saturated rings. The van der Waals surface area contributed by atoms with Crippen LogP contribution in [0.4, 0.5) is 5.82 Å². The van der Waals surface area contributed by atoms with E-state index in [1.54, 1.807) is 41.2 Å². The van der Waals surface area contributed by atoms with Crippen LogP contribution in [0.1, 0.15) is 6.42 Å². The molecular formula is C19H19N3O5. The molecule has 4 rings (SSSR count). The Hall–Kier alpha value is -3.13. The summed E-state index contributed by atoms with van der Waals surface area (Å²) in [4.78, 5) is 23.5. The summed E-state index contributed by atoms with van der Waals surface area (Å²) in [5.74, 6) is 1.18. The number of carbonyl (C=O) groups is 1. The van der Waals surface area contributed by atoms with Gasteiger partial charge < -0.3 is 19.2 Å². The number of fused-ring (bicyclic) bond motifs is 1. The Balaban J connectivity index is 1.36. The van der Waals surface area contributed by atoms with Crippen molar-refractivity contribution in [2.45, 2.75) is 13.0 Å². The lowest BCUT2D eigenvalue weighted by Crippen LogP contribution is -2.23. The predicted molar refractivity (Wildman–Crippen MR) is 97.8 cm³/mol. The van der Waals surface area contributed by atoms with Crippen molar-refractivity contribution >= 4 is 22.7 Å². The van der Waals surface area contributed by atoms with E-state index in [2.05, 4.69) is 10.4 Å². The van der Waals surface area contributed by atoms with E-state index >= 15 is 0 Å². The Morgan fingerprint density at radius 1 is 1.30 bits per heavy atom. The van der Waals surface area contributed by atoms with E-state index in [1.165, 1.54) is 6.07 Å². The molecule has 1 aliphatic rings. The molecule has 1 aliphatic heterocycles. The summed E-state index contributed by atoms with van der Waals surface area (Å²) >= 11 is 0. The number of hydrogen-bond donors (Lipinski definition) is 1. The molecular weight excluding hydrogens is 350 g/mol. The molecule has 8 heteroatoms. The number of amides is 1. The van der Waals surface area contributed by atoms with Gasteiger partial charge in [-0.1, -0.05) is 0 Å². The topological polar surface area (TPSA) is 95.6 Å². The zero-order chi connectivity index (χ0) is 18.6. The zero-order valence-corrected chi connectivity index (χ0v) is 14.6. The van der Waals surface area contributed by atoms with Gasteiger partial charge >= 0.3 is 5.63 Å². The molecule has 1 unspecified atom stereocenters. The SMILES string of the molecule is O=C(COc1ccc2ccc(=O)oc2c1)Nc1ccnn1CC1CCOC1. The van der Waals surface area contributed by atoms with Crippen molar-refractivity contribution in [3.63, 3.8) is 0 Å². The van der Waals surface area contributed by atoms with Crippen LogP contribution in [0.3, 0.4) is 0 Å². The lowest BCUT2D eigenvalue weighted by molar-refractivity contribution is -0.118. The molecule has 27 heavy (non-hydrogen) atoms. The van der Waals surface area contributed by atoms with Gasteiger partial charge in [0.15, 0.2) is 6.61 Å². The van der Waals surface area contributed by atoms with E-state index in [0.29, 0.717) is 36.2 Å². The lowest BCUT2D eigenvalue weighted by Gasteiger charge is -2.12. The number of benzene rings is 1. The molecule has 3 heterocycles. The van der Waals surface area contributed by atoms with Crippen LogP contribution < -0.4 is 15.7 Å². The maximum Gasteiger partial charge on any atom is 0.336 e. The predicted octanol–water partition coefficient (Wildman–Crippen LogP) is 2.04. The highest BCUT2D eigenvalue weighted by atomic mass is 16.5. The largest absolute Gasteiger partial charge is 0.484 e. The first-order valence-electron chi connectivity index (χ1n) is 8.73. The highest BCUT2D eigenvalue weighted by Gasteiger charge is 2.18. The van der Waals surface area contributed by atoms with Crippen LogP contribution in [0, 0.1) is 5.92 Å². The van der Waals surface area contributed by atoms with Gasteiger partial charge in [-0.2, -0.15) is 5.10 Å². The van der Waals surface area contributed by atoms with Crippen LogP contribution >= 0.6 is 0 Å². The minimum atomic E-state index is -0.432. The second-order valence-electron chi connectivity index (χ2n) is 6.42.